The normalized spacial score (nSPS) is 9.50. The Morgan fingerprint density at radius 3 is 2.69 bits per heavy atom. The highest BCUT2D eigenvalue weighted by molar-refractivity contribution is 6.30. The number of rotatable bonds is 3. The Bertz CT molecular complexity index is 507. The molecule has 0 atom stereocenters. The number of Topliss-reactive ketones (excluding diaryl/α,β-unsaturated/α-hetero) is 1. The maximum Gasteiger partial charge on any atom is 0.273 e. The number of nitriles is 1. The molecule has 1 aromatic rings. The second-order valence-electron chi connectivity index (χ2n) is 2.81. The third kappa shape index (κ3) is 2.10. The Morgan fingerprint density at radius 1 is 1.62 bits per heavy atom. The van der Waals surface area contributed by atoms with Crippen molar-refractivity contribution in [3.05, 3.63) is 33.4 Å². The Balaban J connectivity index is 3.50. The van der Waals surface area contributed by atoms with Gasteiger partial charge in [-0.1, -0.05) is 0 Å². The first-order chi connectivity index (χ1) is 7.51. The van der Waals surface area contributed by atoms with Gasteiger partial charge in [-0.15, -0.1) is 11.6 Å². The van der Waals surface area contributed by atoms with Gasteiger partial charge in [0.1, 0.15) is 17.4 Å². The molecule has 0 fully saturated rings. The molecule has 0 aliphatic heterocycles. The third-order valence-electron chi connectivity index (χ3n) is 1.85. The Kier molecular flexibility index (Phi) is 3.43. The van der Waals surface area contributed by atoms with Gasteiger partial charge in [0.05, 0.1) is 16.9 Å². The van der Waals surface area contributed by atoms with Crippen LogP contribution in [0.1, 0.15) is 15.9 Å². The summed E-state index contributed by atoms with van der Waals surface area (Å²) in [4.78, 5) is 21.0. The lowest BCUT2D eigenvalue weighted by molar-refractivity contribution is -0.385. The molecule has 16 heavy (non-hydrogen) atoms. The molecule has 0 aromatic heterocycles. The van der Waals surface area contributed by atoms with Gasteiger partial charge >= 0.3 is 0 Å². The van der Waals surface area contributed by atoms with Crippen molar-refractivity contribution in [2.45, 2.75) is 0 Å². The van der Waals surface area contributed by atoms with Crippen LogP contribution in [0, 0.1) is 21.4 Å². The van der Waals surface area contributed by atoms with E-state index < -0.39 is 28.0 Å². The summed E-state index contributed by atoms with van der Waals surface area (Å²) in [5.41, 5.74) is -1.02. The molecule has 0 saturated carbocycles. The molecule has 0 radical (unpaired) electrons. The summed E-state index contributed by atoms with van der Waals surface area (Å²) in [6.07, 6.45) is 0. The number of phenolic OH excluding ortho intramolecular Hbond substituents is 1. The fourth-order valence-electron chi connectivity index (χ4n) is 1.13. The Labute approximate surface area is 94.8 Å². The van der Waals surface area contributed by atoms with Crippen molar-refractivity contribution in [2.24, 2.45) is 0 Å². The van der Waals surface area contributed by atoms with E-state index in [9.17, 15) is 20.0 Å². The Morgan fingerprint density at radius 2 is 2.25 bits per heavy atom. The molecule has 0 spiro atoms. The molecule has 1 N–H and O–H groups in total. The zero-order valence-corrected chi connectivity index (χ0v) is 8.56. The molecule has 0 heterocycles. The quantitative estimate of drug-likeness (QED) is 0.374. The van der Waals surface area contributed by atoms with Crippen LogP contribution in [0.25, 0.3) is 0 Å². The zero-order valence-electron chi connectivity index (χ0n) is 7.81. The van der Waals surface area contributed by atoms with Gasteiger partial charge in [0.15, 0.2) is 5.78 Å². The van der Waals surface area contributed by atoms with E-state index in [0.29, 0.717) is 0 Å². The van der Waals surface area contributed by atoms with Gasteiger partial charge in [-0.2, -0.15) is 5.26 Å². The van der Waals surface area contributed by atoms with Crippen LogP contribution in [0.2, 0.25) is 0 Å². The number of non-ortho nitro benzene ring substituents is 1. The maximum atomic E-state index is 11.3. The molecule has 0 amide bonds. The highest BCUT2D eigenvalue weighted by atomic mass is 35.5. The van der Waals surface area contributed by atoms with Crippen LogP contribution in [-0.4, -0.2) is 21.7 Å². The molecule has 6 nitrogen and oxygen atoms in total. The molecule has 0 bridgehead atoms. The van der Waals surface area contributed by atoms with E-state index in [-0.39, 0.29) is 11.1 Å². The lowest BCUT2D eigenvalue weighted by Gasteiger charge is -2.02. The van der Waals surface area contributed by atoms with Crippen molar-refractivity contribution in [1.29, 1.82) is 5.26 Å². The maximum absolute atomic E-state index is 11.3. The number of phenols is 1. The van der Waals surface area contributed by atoms with Gasteiger partial charge in [0, 0.05) is 11.6 Å². The molecule has 0 unspecified atom stereocenters. The molecule has 0 aliphatic rings. The monoisotopic (exact) mass is 240 g/mol. The molecule has 1 aromatic carbocycles. The summed E-state index contributed by atoms with van der Waals surface area (Å²) in [6, 6.07) is 3.32. The molecule has 82 valence electrons. The minimum Gasteiger partial charge on any atom is -0.506 e. The SMILES string of the molecule is N#Cc1c(O)cc([N+](=O)[O-])cc1C(=O)CCl. The summed E-state index contributed by atoms with van der Waals surface area (Å²) >= 11 is 5.29. The second kappa shape index (κ2) is 4.59. The number of carbonyl (C=O) groups is 1. The van der Waals surface area contributed by atoms with Crippen LogP contribution in [0.5, 0.6) is 5.75 Å². The number of nitro groups is 1. The largest absolute Gasteiger partial charge is 0.506 e. The predicted octanol–water partition coefficient (Wildman–Crippen LogP) is 1.59. The second-order valence-corrected chi connectivity index (χ2v) is 3.08. The topological polar surface area (TPSA) is 104 Å². The lowest BCUT2D eigenvalue weighted by atomic mass is 10.0. The fraction of sp³-hybridized carbons (Fsp3) is 0.111. The summed E-state index contributed by atoms with van der Waals surface area (Å²) in [6.45, 7) is 0. The van der Waals surface area contributed by atoms with Crippen LogP contribution in [0.3, 0.4) is 0 Å². The number of nitrogens with zero attached hydrogens (tertiary/aromatic N) is 2. The van der Waals surface area contributed by atoms with E-state index in [1.165, 1.54) is 0 Å². The number of ketones is 1. The summed E-state index contributed by atoms with van der Waals surface area (Å²) in [5.74, 6) is -1.68. The number of hydrogen-bond acceptors (Lipinski definition) is 5. The zero-order chi connectivity index (χ0) is 12.3. The first-order valence-corrected chi connectivity index (χ1v) is 4.55. The summed E-state index contributed by atoms with van der Waals surface area (Å²) in [7, 11) is 0. The number of hydrogen-bond donors (Lipinski definition) is 1. The molecule has 7 heteroatoms. The van der Waals surface area contributed by atoms with E-state index in [1.54, 1.807) is 6.07 Å². The van der Waals surface area contributed by atoms with Gasteiger partial charge in [0.2, 0.25) is 0 Å². The molecule has 0 saturated heterocycles. The van der Waals surface area contributed by atoms with Gasteiger partial charge in [-0.25, -0.2) is 0 Å². The number of benzene rings is 1. The lowest BCUT2D eigenvalue weighted by Crippen LogP contribution is -2.05. The highest BCUT2D eigenvalue weighted by Crippen LogP contribution is 2.27. The van der Waals surface area contributed by atoms with Gasteiger partial charge in [0.25, 0.3) is 5.69 Å². The van der Waals surface area contributed by atoms with Crippen LogP contribution in [0.15, 0.2) is 12.1 Å². The van der Waals surface area contributed by atoms with Gasteiger partial charge < -0.3 is 5.11 Å². The smallest absolute Gasteiger partial charge is 0.273 e. The summed E-state index contributed by atoms with van der Waals surface area (Å²) in [5, 5.41) is 28.5. The summed E-state index contributed by atoms with van der Waals surface area (Å²) < 4.78 is 0. The number of nitro benzene ring substituents is 1. The first-order valence-electron chi connectivity index (χ1n) is 4.02. The van der Waals surface area contributed by atoms with Crippen LogP contribution >= 0.6 is 11.6 Å². The van der Waals surface area contributed by atoms with E-state index in [1.807, 2.05) is 0 Å². The number of alkyl halides is 1. The number of carbonyl (C=O) groups excluding carboxylic acids is 1. The van der Waals surface area contributed by atoms with Crippen molar-refractivity contribution in [3.63, 3.8) is 0 Å². The minimum absolute atomic E-state index is 0.246. The van der Waals surface area contributed by atoms with Crippen LogP contribution in [-0.2, 0) is 0 Å². The third-order valence-corrected chi connectivity index (χ3v) is 2.09. The molecule has 0 aliphatic carbocycles. The van der Waals surface area contributed by atoms with Crippen molar-refractivity contribution in [3.8, 4) is 11.8 Å². The van der Waals surface area contributed by atoms with E-state index in [0.717, 1.165) is 12.1 Å². The van der Waals surface area contributed by atoms with Gasteiger partial charge in [-0.3, -0.25) is 14.9 Å². The Hall–Kier alpha value is -2.13. The van der Waals surface area contributed by atoms with Crippen molar-refractivity contribution in [2.75, 3.05) is 5.88 Å². The van der Waals surface area contributed by atoms with Gasteiger partial charge in [-0.05, 0) is 0 Å². The highest BCUT2D eigenvalue weighted by Gasteiger charge is 2.20. The standard InChI is InChI=1S/C9H5ClN2O4/c10-3-9(14)6-1-5(12(15)16)2-8(13)7(6)4-11/h1-2,13H,3H2. The van der Waals surface area contributed by atoms with Crippen molar-refractivity contribution in [1.82, 2.24) is 0 Å². The first kappa shape index (κ1) is 11.9. The molecule has 1 rings (SSSR count). The number of aromatic hydroxyl groups is 1. The van der Waals surface area contributed by atoms with E-state index >= 15 is 0 Å². The average Bonchev–Trinajstić information content (AvgIpc) is 2.26. The molecular formula is C9H5ClN2O4. The van der Waals surface area contributed by atoms with Crippen LogP contribution < -0.4 is 0 Å². The minimum atomic E-state index is -0.772. The van der Waals surface area contributed by atoms with E-state index in [4.69, 9.17) is 16.9 Å². The fourth-order valence-corrected chi connectivity index (χ4v) is 1.27. The van der Waals surface area contributed by atoms with Crippen molar-refractivity contribution < 1.29 is 14.8 Å². The molecular weight excluding hydrogens is 236 g/mol. The predicted molar refractivity (Wildman–Crippen MR) is 54.5 cm³/mol. The van der Waals surface area contributed by atoms with Crippen LogP contribution in [0.4, 0.5) is 5.69 Å². The number of halogens is 1. The van der Waals surface area contributed by atoms with Crippen molar-refractivity contribution >= 4 is 23.1 Å². The van der Waals surface area contributed by atoms with E-state index in [2.05, 4.69) is 0 Å². The average molecular weight is 241 g/mol.